The largest absolute Gasteiger partial charge is 0.375 e. The van der Waals surface area contributed by atoms with E-state index in [9.17, 15) is 9.59 Å². The molecule has 27 heavy (non-hydrogen) atoms. The summed E-state index contributed by atoms with van der Waals surface area (Å²) in [5.74, 6) is 0.918. The van der Waals surface area contributed by atoms with Crippen molar-refractivity contribution >= 4 is 11.8 Å². The molecular formula is C22H44N2O3. The summed E-state index contributed by atoms with van der Waals surface area (Å²) in [5, 5.41) is 5.94. The summed E-state index contributed by atoms with van der Waals surface area (Å²) in [6.07, 6.45) is 6.64. The second-order valence-electron chi connectivity index (χ2n) is 9.19. The van der Waals surface area contributed by atoms with Crippen LogP contribution in [0.4, 0.5) is 0 Å². The Hall–Kier alpha value is -1.10. The molecule has 0 bridgehead atoms. The summed E-state index contributed by atoms with van der Waals surface area (Å²) in [7, 11) is 0. The normalized spacial score (nSPS) is 12.3. The quantitative estimate of drug-likeness (QED) is 0.410. The number of amides is 2. The van der Waals surface area contributed by atoms with E-state index in [1.807, 2.05) is 34.6 Å². The van der Waals surface area contributed by atoms with Gasteiger partial charge in [0.25, 0.3) is 0 Å². The van der Waals surface area contributed by atoms with Gasteiger partial charge in [0.05, 0.1) is 5.60 Å². The van der Waals surface area contributed by atoms with Crippen molar-refractivity contribution in [1.82, 2.24) is 10.6 Å². The third-order valence-corrected chi connectivity index (χ3v) is 4.95. The van der Waals surface area contributed by atoms with Crippen molar-refractivity contribution in [2.45, 2.75) is 99.0 Å². The van der Waals surface area contributed by atoms with Crippen molar-refractivity contribution in [2.24, 2.45) is 11.3 Å². The van der Waals surface area contributed by atoms with Crippen LogP contribution in [0.2, 0.25) is 0 Å². The van der Waals surface area contributed by atoms with Gasteiger partial charge in [0.15, 0.2) is 0 Å². The van der Waals surface area contributed by atoms with Gasteiger partial charge in [0.1, 0.15) is 0 Å². The predicted molar refractivity (Wildman–Crippen MR) is 113 cm³/mol. The standard InChI is InChI=1S/C22H44N2O3/c1-8-19(25)23-16-13-22(6,7)27-17-14-21(4,5)20(26)24-15-11-9-10-12-18(2)3/h18H,8-17H2,1-7H3,(H,23,25)(H,24,26). The average molecular weight is 385 g/mol. The molecule has 0 aromatic carbocycles. The van der Waals surface area contributed by atoms with Gasteiger partial charge in [-0.2, -0.15) is 0 Å². The number of rotatable bonds is 15. The maximum Gasteiger partial charge on any atom is 0.225 e. The summed E-state index contributed by atoms with van der Waals surface area (Å²) < 4.78 is 5.98. The summed E-state index contributed by atoms with van der Waals surface area (Å²) in [5.41, 5.74) is -0.756. The molecule has 0 aromatic rings. The Labute approximate surface area is 167 Å². The summed E-state index contributed by atoms with van der Waals surface area (Å²) in [6, 6.07) is 0. The van der Waals surface area contributed by atoms with Gasteiger partial charge in [-0.05, 0) is 39.0 Å². The second-order valence-corrected chi connectivity index (χ2v) is 9.19. The van der Waals surface area contributed by atoms with E-state index >= 15 is 0 Å². The molecule has 0 rings (SSSR count). The fourth-order valence-electron chi connectivity index (χ4n) is 2.69. The lowest BCUT2D eigenvalue weighted by molar-refractivity contribution is -0.131. The van der Waals surface area contributed by atoms with Gasteiger partial charge in [-0.25, -0.2) is 0 Å². The van der Waals surface area contributed by atoms with Crippen molar-refractivity contribution in [1.29, 1.82) is 0 Å². The monoisotopic (exact) mass is 384 g/mol. The minimum Gasteiger partial charge on any atom is -0.375 e. The highest BCUT2D eigenvalue weighted by Gasteiger charge is 2.28. The van der Waals surface area contributed by atoms with Crippen LogP contribution in [0.5, 0.6) is 0 Å². The third kappa shape index (κ3) is 13.7. The van der Waals surface area contributed by atoms with E-state index in [1.54, 1.807) is 0 Å². The van der Waals surface area contributed by atoms with Crippen molar-refractivity contribution in [3.63, 3.8) is 0 Å². The van der Waals surface area contributed by atoms with Gasteiger partial charge >= 0.3 is 0 Å². The van der Waals surface area contributed by atoms with E-state index in [0.717, 1.165) is 25.3 Å². The van der Waals surface area contributed by atoms with Crippen molar-refractivity contribution in [3.05, 3.63) is 0 Å². The number of carbonyl (C=O) groups excluding carboxylic acids is 2. The van der Waals surface area contributed by atoms with Gasteiger partial charge < -0.3 is 15.4 Å². The molecule has 0 fully saturated rings. The molecule has 0 aliphatic rings. The molecule has 0 aliphatic heterocycles. The van der Waals surface area contributed by atoms with E-state index < -0.39 is 5.41 Å². The van der Waals surface area contributed by atoms with E-state index in [2.05, 4.69) is 24.5 Å². The Kier molecular flexibility index (Phi) is 12.6. The maximum atomic E-state index is 12.4. The Morgan fingerprint density at radius 3 is 2.19 bits per heavy atom. The van der Waals surface area contributed by atoms with E-state index in [-0.39, 0.29) is 17.4 Å². The number of ether oxygens (including phenoxy) is 1. The van der Waals surface area contributed by atoms with Crippen LogP contribution < -0.4 is 10.6 Å². The fraction of sp³-hybridized carbons (Fsp3) is 0.909. The molecule has 2 amide bonds. The Bertz CT molecular complexity index is 431. The number of unbranched alkanes of at least 4 members (excludes halogenated alkanes) is 2. The number of hydrogen-bond acceptors (Lipinski definition) is 3. The lowest BCUT2D eigenvalue weighted by Gasteiger charge is -2.29. The molecule has 0 atom stereocenters. The van der Waals surface area contributed by atoms with E-state index in [1.165, 1.54) is 19.3 Å². The van der Waals surface area contributed by atoms with Gasteiger partial charge in [0.2, 0.25) is 11.8 Å². The van der Waals surface area contributed by atoms with Crippen molar-refractivity contribution < 1.29 is 14.3 Å². The van der Waals surface area contributed by atoms with Crippen LogP contribution in [-0.4, -0.2) is 37.1 Å². The molecule has 0 spiro atoms. The summed E-state index contributed by atoms with van der Waals surface area (Å²) in [4.78, 5) is 23.7. The summed E-state index contributed by atoms with van der Waals surface area (Å²) in [6.45, 7) is 16.2. The fourth-order valence-corrected chi connectivity index (χ4v) is 2.69. The van der Waals surface area contributed by atoms with Crippen LogP contribution in [0, 0.1) is 11.3 Å². The molecule has 2 N–H and O–H groups in total. The molecule has 0 aliphatic carbocycles. The molecule has 5 heteroatoms. The molecule has 0 saturated heterocycles. The highest BCUT2D eigenvalue weighted by molar-refractivity contribution is 5.81. The molecule has 0 aromatic heterocycles. The van der Waals surface area contributed by atoms with Crippen LogP contribution in [0.25, 0.3) is 0 Å². The van der Waals surface area contributed by atoms with Crippen molar-refractivity contribution in [2.75, 3.05) is 19.7 Å². The maximum absolute atomic E-state index is 12.4. The zero-order valence-corrected chi connectivity index (χ0v) is 18.9. The first kappa shape index (κ1) is 25.9. The molecule has 160 valence electrons. The highest BCUT2D eigenvalue weighted by atomic mass is 16.5. The smallest absolute Gasteiger partial charge is 0.225 e. The Morgan fingerprint density at radius 1 is 0.926 bits per heavy atom. The first-order valence-corrected chi connectivity index (χ1v) is 10.7. The third-order valence-electron chi connectivity index (χ3n) is 4.95. The van der Waals surface area contributed by atoms with Crippen LogP contribution in [-0.2, 0) is 14.3 Å². The lowest BCUT2D eigenvalue weighted by atomic mass is 9.88. The Balaban J connectivity index is 4.01. The molecule has 0 saturated carbocycles. The zero-order chi connectivity index (χ0) is 20.9. The van der Waals surface area contributed by atoms with Gasteiger partial charge in [-0.1, -0.05) is 53.9 Å². The first-order chi connectivity index (χ1) is 12.5. The van der Waals surface area contributed by atoms with Gasteiger partial charge in [-0.3, -0.25) is 9.59 Å². The van der Waals surface area contributed by atoms with Crippen LogP contribution in [0.1, 0.15) is 93.4 Å². The van der Waals surface area contributed by atoms with Crippen LogP contribution in [0.3, 0.4) is 0 Å². The second kappa shape index (κ2) is 13.1. The summed E-state index contributed by atoms with van der Waals surface area (Å²) >= 11 is 0. The topological polar surface area (TPSA) is 67.4 Å². The number of nitrogens with one attached hydrogen (secondary N) is 2. The molecular weight excluding hydrogens is 340 g/mol. The lowest BCUT2D eigenvalue weighted by Crippen LogP contribution is -2.39. The van der Waals surface area contributed by atoms with E-state index in [4.69, 9.17) is 4.74 Å². The average Bonchev–Trinajstić information content (AvgIpc) is 2.56. The molecule has 5 nitrogen and oxygen atoms in total. The minimum absolute atomic E-state index is 0.0628. The van der Waals surface area contributed by atoms with E-state index in [0.29, 0.717) is 26.0 Å². The highest BCUT2D eigenvalue weighted by Crippen LogP contribution is 2.23. The molecule has 0 radical (unpaired) electrons. The molecule has 0 heterocycles. The molecule has 0 unspecified atom stereocenters. The Morgan fingerprint density at radius 2 is 1.59 bits per heavy atom. The predicted octanol–water partition coefficient (Wildman–Crippen LogP) is 4.45. The number of carbonyl (C=O) groups is 2. The SMILES string of the molecule is CCC(=O)NCCC(C)(C)OCCC(C)(C)C(=O)NCCCCCC(C)C. The van der Waals surface area contributed by atoms with Gasteiger partial charge in [-0.15, -0.1) is 0 Å². The zero-order valence-electron chi connectivity index (χ0n) is 18.9. The van der Waals surface area contributed by atoms with Crippen molar-refractivity contribution in [3.8, 4) is 0 Å². The first-order valence-electron chi connectivity index (χ1n) is 10.7. The number of hydrogen-bond donors (Lipinski definition) is 2. The van der Waals surface area contributed by atoms with Gasteiger partial charge in [0, 0.05) is 31.5 Å². The van der Waals surface area contributed by atoms with Crippen LogP contribution in [0.15, 0.2) is 0 Å². The minimum atomic E-state index is -0.440. The van der Waals surface area contributed by atoms with Crippen LogP contribution >= 0.6 is 0 Å².